The first-order valence-electron chi connectivity index (χ1n) is 9.34. The van der Waals surface area contributed by atoms with Crippen molar-refractivity contribution in [3.05, 3.63) is 35.4 Å². The van der Waals surface area contributed by atoms with Gasteiger partial charge in [0.2, 0.25) is 0 Å². The number of ether oxygens (including phenoxy) is 2. The van der Waals surface area contributed by atoms with Crippen LogP contribution in [0.5, 0.6) is 5.75 Å². The summed E-state index contributed by atoms with van der Waals surface area (Å²) in [4.78, 5) is 0. The van der Waals surface area contributed by atoms with E-state index >= 15 is 0 Å². The standard InChI is InChI=1S/C21H32N2O2.2BrH/c1-22(2)12-11-21-10-9-16(24-5)13-18(21)23(3,4)20-17(25-6)8-7-15(14-22)19(20)21;;/h7-10,16,18H,11-14H2,1-6H3;2*1H/q+2;;/p-2/t16-,18-,21?;;/m0../s1. The molecule has 2 aliphatic heterocycles. The number of halogens is 2. The lowest BCUT2D eigenvalue weighted by atomic mass is 9.68. The van der Waals surface area contributed by atoms with Gasteiger partial charge in [0.1, 0.15) is 12.6 Å². The van der Waals surface area contributed by atoms with E-state index in [9.17, 15) is 0 Å². The molecule has 0 fully saturated rings. The zero-order valence-corrected chi connectivity index (χ0v) is 20.4. The van der Waals surface area contributed by atoms with Gasteiger partial charge in [-0.05, 0) is 12.1 Å². The van der Waals surface area contributed by atoms with Crippen molar-refractivity contribution in [1.29, 1.82) is 0 Å². The van der Waals surface area contributed by atoms with Crippen molar-refractivity contribution in [3.63, 3.8) is 0 Å². The Kier molecular flexibility index (Phi) is 6.31. The summed E-state index contributed by atoms with van der Waals surface area (Å²) in [5, 5.41) is 0. The third kappa shape index (κ3) is 3.21. The van der Waals surface area contributed by atoms with Gasteiger partial charge < -0.3 is 47.9 Å². The van der Waals surface area contributed by atoms with Gasteiger partial charge in [0, 0.05) is 31.1 Å². The van der Waals surface area contributed by atoms with Crippen molar-refractivity contribution in [3.8, 4) is 5.75 Å². The number of nitrogens with zero attached hydrogens (tertiary/aromatic N) is 2. The topological polar surface area (TPSA) is 18.5 Å². The van der Waals surface area contributed by atoms with Gasteiger partial charge >= 0.3 is 0 Å². The van der Waals surface area contributed by atoms with Gasteiger partial charge in [-0.25, -0.2) is 0 Å². The van der Waals surface area contributed by atoms with Crippen LogP contribution in [-0.4, -0.2) is 65.6 Å². The average molecular weight is 504 g/mol. The molecule has 6 heteroatoms. The first kappa shape index (κ1) is 22.9. The summed E-state index contributed by atoms with van der Waals surface area (Å²) >= 11 is 0. The highest BCUT2D eigenvalue weighted by molar-refractivity contribution is 5.73. The van der Waals surface area contributed by atoms with Crippen LogP contribution in [-0.2, 0) is 16.7 Å². The summed E-state index contributed by atoms with van der Waals surface area (Å²) < 4.78 is 13.5. The molecule has 0 saturated carbocycles. The molecule has 2 heterocycles. The lowest BCUT2D eigenvalue weighted by molar-refractivity contribution is -0.903. The zero-order valence-electron chi connectivity index (χ0n) is 17.3. The SMILES string of the molecule is COc1ccc2c3c1[N+](C)(C)[C@H]1C[C@@H](OC)C=CC31CC[N+](C)(C)C2.[Br-].[Br-]. The van der Waals surface area contributed by atoms with Crippen LogP contribution < -0.4 is 43.2 Å². The second kappa shape index (κ2) is 7.45. The third-order valence-corrected chi connectivity index (χ3v) is 6.96. The Bertz CT molecular complexity index is 748. The van der Waals surface area contributed by atoms with Crippen molar-refractivity contribution in [2.45, 2.75) is 36.9 Å². The first-order valence-corrected chi connectivity index (χ1v) is 9.34. The maximum absolute atomic E-state index is 5.84. The maximum Gasteiger partial charge on any atom is 0.180 e. The number of methoxy groups -OCH3 is 2. The molecule has 0 saturated heterocycles. The predicted molar refractivity (Wildman–Crippen MR) is 102 cm³/mol. The summed E-state index contributed by atoms with van der Waals surface area (Å²) in [7, 11) is 13.0. The molecule has 0 N–H and O–H groups in total. The summed E-state index contributed by atoms with van der Waals surface area (Å²) in [5.41, 5.74) is 4.51. The highest BCUT2D eigenvalue weighted by Crippen LogP contribution is 2.59. The van der Waals surface area contributed by atoms with Crippen LogP contribution in [0, 0.1) is 0 Å². The Morgan fingerprint density at radius 3 is 2.41 bits per heavy atom. The van der Waals surface area contributed by atoms with E-state index < -0.39 is 0 Å². The molecule has 1 spiro atoms. The largest absolute Gasteiger partial charge is 1.00 e. The van der Waals surface area contributed by atoms with Gasteiger partial charge in [0.15, 0.2) is 11.4 Å². The van der Waals surface area contributed by atoms with E-state index in [1.807, 2.05) is 7.11 Å². The summed E-state index contributed by atoms with van der Waals surface area (Å²) in [6.07, 6.45) is 7.25. The zero-order chi connectivity index (χ0) is 18.0. The minimum Gasteiger partial charge on any atom is -1.00 e. The Labute approximate surface area is 184 Å². The van der Waals surface area contributed by atoms with Crippen LogP contribution >= 0.6 is 0 Å². The molecule has 152 valence electrons. The second-order valence-electron chi connectivity index (χ2n) is 9.18. The Morgan fingerprint density at radius 1 is 1.07 bits per heavy atom. The first-order chi connectivity index (χ1) is 11.7. The van der Waals surface area contributed by atoms with Crippen LogP contribution in [0.15, 0.2) is 24.3 Å². The molecule has 0 radical (unpaired) electrons. The van der Waals surface area contributed by atoms with Crippen molar-refractivity contribution in [2.75, 3.05) is 49.0 Å². The van der Waals surface area contributed by atoms with Gasteiger partial charge in [-0.2, -0.15) is 0 Å². The minimum atomic E-state index is 0. The molecule has 0 bridgehead atoms. The molecule has 1 aliphatic carbocycles. The quantitative estimate of drug-likeness (QED) is 0.313. The molecule has 0 aromatic heterocycles. The van der Waals surface area contributed by atoms with Crippen LogP contribution in [0.4, 0.5) is 5.69 Å². The van der Waals surface area contributed by atoms with Crippen molar-refractivity contribution in [2.24, 2.45) is 0 Å². The molecule has 1 aromatic rings. The van der Waals surface area contributed by atoms with E-state index in [2.05, 4.69) is 52.5 Å². The average Bonchev–Trinajstić information content (AvgIpc) is 2.71. The van der Waals surface area contributed by atoms with E-state index in [0.29, 0.717) is 6.04 Å². The minimum absolute atomic E-state index is 0. The molecule has 4 rings (SSSR count). The number of quaternary nitrogens is 2. The van der Waals surface area contributed by atoms with Gasteiger partial charge in [0.25, 0.3) is 0 Å². The Balaban J connectivity index is 0.00000131. The fourth-order valence-corrected chi connectivity index (χ4v) is 5.72. The van der Waals surface area contributed by atoms with Crippen LogP contribution in [0.2, 0.25) is 0 Å². The molecule has 4 nitrogen and oxygen atoms in total. The van der Waals surface area contributed by atoms with Crippen molar-refractivity contribution >= 4 is 5.69 Å². The third-order valence-electron chi connectivity index (χ3n) is 6.96. The molecule has 3 aliphatic rings. The van der Waals surface area contributed by atoms with E-state index in [0.717, 1.165) is 27.7 Å². The molecule has 27 heavy (non-hydrogen) atoms. The Morgan fingerprint density at radius 2 is 1.78 bits per heavy atom. The molecular formula is C21H32Br2N2O2. The Hall–Kier alpha value is -0.400. The van der Waals surface area contributed by atoms with E-state index in [-0.39, 0.29) is 45.5 Å². The lowest BCUT2D eigenvalue weighted by Gasteiger charge is -2.43. The molecule has 1 unspecified atom stereocenters. The number of hydrogen-bond acceptors (Lipinski definition) is 2. The molecular weight excluding hydrogens is 472 g/mol. The lowest BCUT2D eigenvalue weighted by Crippen LogP contribution is -3.00. The fraction of sp³-hybridized carbons (Fsp3) is 0.619. The number of hydrogen-bond donors (Lipinski definition) is 0. The van der Waals surface area contributed by atoms with Gasteiger partial charge in [-0.15, -0.1) is 0 Å². The number of rotatable bonds is 2. The fourth-order valence-electron chi connectivity index (χ4n) is 5.72. The smallest absolute Gasteiger partial charge is 0.180 e. The van der Waals surface area contributed by atoms with E-state index in [4.69, 9.17) is 9.47 Å². The second-order valence-corrected chi connectivity index (χ2v) is 9.18. The van der Waals surface area contributed by atoms with Crippen LogP contribution in [0.3, 0.4) is 0 Å². The summed E-state index contributed by atoms with van der Waals surface area (Å²) in [6, 6.07) is 4.98. The summed E-state index contributed by atoms with van der Waals surface area (Å²) in [6.45, 7) is 2.28. The van der Waals surface area contributed by atoms with Crippen molar-refractivity contribution < 1.29 is 47.9 Å². The van der Waals surface area contributed by atoms with Gasteiger partial charge in [0.05, 0.1) is 53.4 Å². The summed E-state index contributed by atoms with van der Waals surface area (Å²) in [5.74, 6) is 1.03. The highest BCUT2D eigenvalue weighted by atomic mass is 79.9. The van der Waals surface area contributed by atoms with Crippen molar-refractivity contribution in [1.82, 2.24) is 4.48 Å². The van der Waals surface area contributed by atoms with Gasteiger partial charge in [-0.3, -0.25) is 4.48 Å². The molecule has 0 amide bonds. The molecule has 1 aromatic carbocycles. The van der Waals surface area contributed by atoms with Crippen LogP contribution in [0.1, 0.15) is 24.0 Å². The maximum atomic E-state index is 5.84. The normalized spacial score (nSPS) is 31.6. The highest BCUT2D eigenvalue weighted by Gasteiger charge is 2.62. The van der Waals surface area contributed by atoms with Gasteiger partial charge in [-0.1, -0.05) is 12.2 Å². The van der Waals surface area contributed by atoms with E-state index in [1.54, 1.807) is 7.11 Å². The predicted octanol–water partition coefficient (Wildman–Crippen LogP) is -3.15. The van der Waals surface area contributed by atoms with E-state index in [1.165, 1.54) is 29.8 Å². The number of likely N-dealkylation sites (N-methyl/N-ethyl adjacent to an activating group) is 1. The number of benzene rings is 1. The van der Waals surface area contributed by atoms with Crippen LogP contribution in [0.25, 0.3) is 0 Å². The monoisotopic (exact) mass is 502 g/mol. The molecule has 3 atom stereocenters.